The van der Waals surface area contributed by atoms with Crippen LogP contribution in [0.5, 0.6) is 0 Å². The highest BCUT2D eigenvalue weighted by Gasteiger charge is 2.28. The van der Waals surface area contributed by atoms with E-state index in [1.165, 1.54) is 0 Å². The summed E-state index contributed by atoms with van der Waals surface area (Å²) in [5, 5.41) is 21.3. The van der Waals surface area contributed by atoms with Crippen LogP contribution in [0.2, 0.25) is 0 Å². The topological polar surface area (TPSA) is 135 Å². The van der Waals surface area contributed by atoms with Gasteiger partial charge in [0, 0.05) is 0 Å². The first-order valence-electron chi connectivity index (χ1n) is 6.15. The van der Waals surface area contributed by atoms with Gasteiger partial charge in [0.2, 0.25) is 0 Å². The number of hydrogen-bond acceptors (Lipinski definition) is 7. The Morgan fingerprint density at radius 1 is 1.43 bits per heavy atom. The maximum atomic E-state index is 11.6. The van der Waals surface area contributed by atoms with Gasteiger partial charge < -0.3 is 20.7 Å². The molecule has 21 heavy (non-hydrogen) atoms. The van der Waals surface area contributed by atoms with E-state index in [0.29, 0.717) is 5.69 Å². The number of carbonyl (C=O) groups is 2. The van der Waals surface area contributed by atoms with Crippen LogP contribution in [-0.2, 0) is 9.53 Å². The minimum absolute atomic E-state index is 0.202. The van der Waals surface area contributed by atoms with Crippen LogP contribution in [0.3, 0.4) is 0 Å². The molecule has 1 rings (SSSR count). The second-order valence-corrected chi connectivity index (χ2v) is 6.44. The number of nitrogens with zero attached hydrogens (tertiary/aromatic N) is 1. The molecule has 1 amide bonds. The summed E-state index contributed by atoms with van der Waals surface area (Å²) >= 11 is 0.951. The molecule has 0 saturated heterocycles. The second kappa shape index (κ2) is 6.37. The number of hydrogen-bond donors (Lipinski definition) is 4. The number of aromatic nitrogens is 1. The highest BCUT2D eigenvalue weighted by molar-refractivity contribution is 7.16. The van der Waals surface area contributed by atoms with Crippen molar-refractivity contribution in [3.05, 3.63) is 10.6 Å². The molecule has 1 aromatic rings. The van der Waals surface area contributed by atoms with Crippen LogP contribution >= 0.6 is 11.3 Å². The monoisotopic (exact) mass is 317 g/mol. The Hall–Kier alpha value is -1.71. The van der Waals surface area contributed by atoms with Crippen LogP contribution in [0.1, 0.15) is 37.4 Å². The quantitative estimate of drug-likeness (QED) is 0.656. The zero-order valence-electron chi connectivity index (χ0n) is 12.2. The molecule has 0 saturated carbocycles. The summed E-state index contributed by atoms with van der Waals surface area (Å²) in [7, 11) is 0. The van der Waals surface area contributed by atoms with E-state index in [4.69, 9.17) is 15.6 Å². The molecule has 0 aliphatic carbocycles. The molecule has 9 heteroatoms. The Balaban J connectivity index is 2.83. The smallest absolute Gasteiger partial charge is 0.413 e. The zero-order valence-corrected chi connectivity index (χ0v) is 13.0. The summed E-state index contributed by atoms with van der Waals surface area (Å²) in [5.74, 6) is -1.32. The minimum Gasteiger partial charge on any atom is -0.480 e. The van der Waals surface area contributed by atoms with Crippen molar-refractivity contribution in [1.29, 1.82) is 0 Å². The molecule has 0 radical (unpaired) electrons. The molecule has 2 atom stereocenters. The number of aliphatic hydroxyl groups is 1. The largest absolute Gasteiger partial charge is 0.480 e. The van der Waals surface area contributed by atoms with Gasteiger partial charge in [0.1, 0.15) is 17.7 Å². The Morgan fingerprint density at radius 2 is 2.00 bits per heavy atom. The third kappa shape index (κ3) is 4.96. The first-order valence-corrected chi connectivity index (χ1v) is 6.96. The highest BCUT2D eigenvalue weighted by atomic mass is 32.1. The molecule has 0 spiro atoms. The maximum absolute atomic E-state index is 11.6. The van der Waals surface area contributed by atoms with E-state index in [1.54, 1.807) is 27.7 Å². The molecule has 1 heterocycles. The molecule has 118 valence electrons. The molecule has 2 unspecified atom stereocenters. The zero-order chi connectivity index (χ0) is 16.4. The number of carbonyl (C=O) groups excluding carboxylic acids is 1. The number of carboxylic acids is 1. The van der Waals surface area contributed by atoms with Gasteiger partial charge in [0.15, 0.2) is 5.13 Å². The number of rotatable bonds is 4. The number of anilines is 1. The summed E-state index contributed by atoms with van der Waals surface area (Å²) in [6.45, 7) is 6.76. The van der Waals surface area contributed by atoms with Crippen LogP contribution in [-0.4, -0.2) is 38.9 Å². The number of amides is 1. The summed E-state index contributed by atoms with van der Waals surface area (Å²) < 4.78 is 5.07. The number of nitrogens with two attached hydrogens (primary N) is 1. The van der Waals surface area contributed by atoms with Gasteiger partial charge in [-0.3, -0.25) is 10.1 Å². The lowest BCUT2D eigenvalue weighted by Crippen LogP contribution is -2.36. The van der Waals surface area contributed by atoms with E-state index in [1.807, 2.05) is 0 Å². The van der Waals surface area contributed by atoms with E-state index >= 15 is 0 Å². The second-order valence-electron chi connectivity index (χ2n) is 5.40. The predicted octanol–water partition coefficient (Wildman–Crippen LogP) is 1.24. The van der Waals surface area contributed by atoms with E-state index in [-0.39, 0.29) is 10.0 Å². The highest BCUT2D eigenvalue weighted by Crippen LogP contribution is 2.30. The van der Waals surface area contributed by atoms with Crippen molar-refractivity contribution in [1.82, 2.24) is 4.98 Å². The normalized spacial score (nSPS) is 14.4. The number of ether oxygens (including phenoxy) is 1. The fourth-order valence-electron chi connectivity index (χ4n) is 1.43. The lowest BCUT2D eigenvalue weighted by molar-refractivity contribution is -0.141. The maximum Gasteiger partial charge on any atom is 0.413 e. The lowest BCUT2D eigenvalue weighted by atomic mass is 10.1. The van der Waals surface area contributed by atoms with E-state index in [9.17, 15) is 14.7 Å². The van der Waals surface area contributed by atoms with Crippen LogP contribution < -0.4 is 11.1 Å². The lowest BCUT2D eigenvalue weighted by Gasteiger charge is -2.18. The van der Waals surface area contributed by atoms with Crippen LogP contribution in [0, 0.1) is 6.92 Å². The standard InChI is InChI=1S/C12H19N3O5S/c1-5-8(7(16)6(13)9(17)18)21-10(14-5)15-11(19)20-12(2,3)4/h6-7,16H,13H2,1-4H3,(H,17,18)(H,14,15,19). The van der Waals surface area contributed by atoms with E-state index in [0.717, 1.165) is 11.3 Å². The van der Waals surface area contributed by atoms with E-state index in [2.05, 4.69) is 10.3 Å². The Morgan fingerprint density at radius 3 is 2.48 bits per heavy atom. The Kier molecular flexibility index (Phi) is 5.26. The molecular formula is C12H19N3O5S. The average Bonchev–Trinajstić information content (AvgIpc) is 2.65. The van der Waals surface area contributed by atoms with Crippen LogP contribution in [0.25, 0.3) is 0 Å². The molecule has 0 aliphatic rings. The van der Waals surface area contributed by atoms with Crippen molar-refractivity contribution in [3.8, 4) is 0 Å². The molecule has 1 aromatic heterocycles. The number of thiazole rings is 1. The number of aliphatic carboxylic acids is 1. The van der Waals surface area contributed by atoms with Gasteiger partial charge in [-0.25, -0.2) is 9.78 Å². The predicted molar refractivity (Wildman–Crippen MR) is 77.3 cm³/mol. The third-order valence-corrected chi connectivity index (χ3v) is 3.48. The Bertz CT molecular complexity index is 537. The molecule has 0 aromatic carbocycles. The number of aliphatic hydroxyl groups excluding tert-OH is 1. The van der Waals surface area contributed by atoms with Gasteiger partial charge in [0.05, 0.1) is 10.6 Å². The van der Waals surface area contributed by atoms with Crippen LogP contribution in [0.15, 0.2) is 0 Å². The van der Waals surface area contributed by atoms with Gasteiger partial charge >= 0.3 is 12.1 Å². The molecule has 0 fully saturated rings. The SMILES string of the molecule is Cc1nc(NC(=O)OC(C)(C)C)sc1C(O)C(N)C(=O)O. The first-order chi connectivity index (χ1) is 9.51. The summed E-state index contributed by atoms with van der Waals surface area (Å²) in [5.41, 5.74) is 5.12. The van der Waals surface area contributed by atoms with Crippen molar-refractivity contribution in [2.75, 3.05) is 5.32 Å². The Labute approximate surface area is 125 Å². The van der Waals surface area contributed by atoms with Gasteiger partial charge in [0.25, 0.3) is 0 Å². The summed E-state index contributed by atoms with van der Waals surface area (Å²) in [6.07, 6.45) is -2.07. The average molecular weight is 317 g/mol. The summed E-state index contributed by atoms with van der Waals surface area (Å²) in [6, 6.07) is -1.46. The fraction of sp³-hybridized carbons (Fsp3) is 0.583. The number of aryl methyl sites for hydroxylation is 1. The van der Waals surface area contributed by atoms with Crippen molar-refractivity contribution in [2.45, 2.75) is 45.4 Å². The van der Waals surface area contributed by atoms with Crippen molar-refractivity contribution < 1.29 is 24.5 Å². The van der Waals surface area contributed by atoms with E-state index < -0.39 is 29.8 Å². The minimum atomic E-state index is -1.46. The molecule has 5 N–H and O–H groups in total. The molecule has 0 bridgehead atoms. The molecule has 0 aliphatic heterocycles. The van der Waals surface area contributed by atoms with Gasteiger partial charge in [-0.15, -0.1) is 0 Å². The van der Waals surface area contributed by atoms with Gasteiger partial charge in [-0.05, 0) is 27.7 Å². The van der Waals surface area contributed by atoms with Gasteiger partial charge in [-0.2, -0.15) is 0 Å². The fourth-order valence-corrected chi connectivity index (χ4v) is 2.41. The third-order valence-electron chi connectivity index (χ3n) is 2.33. The molecule has 8 nitrogen and oxygen atoms in total. The number of nitrogens with one attached hydrogen (secondary N) is 1. The van der Waals surface area contributed by atoms with Crippen molar-refractivity contribution in [3.63, 3.8) is 0 Å². The summed E-state index contributed by atoms with van der Waals surface area (Å²) in [4.78, 5) is 26.7. The number of carboxylic acid groups (broad SMARTS) is 1. The van der Waals surface area contributed by atoms with Crippen LogP contribution in [0.4, 0.5) is 9.93 Å². The van der Waals surface area contributed by atoms with Crippen molar-refractivity contribution >= 4 is 28.5 Å². The van der Waals surface area contributed by atoms with Crippen molar-refractivity contribution in [2.24, 2.45) is 5.73 Å². The first kappa shape index (κ1) is 17.3. The van der Waals surface area contributed by atoms with Gasteiger partial charge in [-0.1, -0.05) is 11.3 Å². The molecular weight excluding hydrogens is 298 g/mol.